The predicted molar refractivity (Wildman–Crippen MR) is 84.1 cm³/mol. The molecule has 0 aliphatic rings. The molecule has 5 heteroatoms. The Kier molecular flexibility index (Phi) is 4.15. The van der Waals surface area contributed by atoms with Gasteiger partial charge in [0.15, 0.2) is 0 Å². The number of carbonyl (C=O) groups excluding carboxylic acids is 1. The fourth-order valence-corrected chi connectivity index (χ4v) is 2.03. The molecule has 0 saturated carbocycles. The van der Waals surface area contributed by atoms with Gasteiger partial charge in [0.1, 0.15) is 11.6 Å². The molecule has 3 rings (SSSR count). The van der Waals surface area contributed by atoms with Gasteiger partial charge in [-0.2, -0.15) is 5.10 Å². The van der Waals surface area contributed by atoms with E-state index in [0.29, 0.717) is 18.1 Å². The van der Waals surface area contributed by atoms with Crippen LogP contribution in [-0.4, -0.2) is 15.7 Å². The standard InChI is InChI=1S/C17H15N3O2/c21-17(9-8-15-7-4-12-22-15)19-16-10-11-18-20(16)13-14-5-2-1-3-6-14/h1-12H,13H2,(H,19,21)/b9-8+. The summed E-state index contributed by atoms with van der Waals surface area (Å²) in [6, 6.07) is 15.3. The van der Waals surface area contributed by atoms with E-state index in [0.717, 1.165) is 5.56 Å². The van der Waals surface area contributed by atoms with E-state index in [1.165, 1.54) is 6.08 Å². The average molecular weight is 293 g/mol. The van der Waals surface area contributed by atoms with Crippen molar-refractivity contribution in [2.24, 2.45) is 0 Å². The van der Waals surface area contributed by atoms with E-state index in [9.17, 15) is 4.79 Å². The van der Waals surface area contributed by atoms with Crippen LogP contribution in [0.2, 0.25) is 0 Å². The highest BCUT2D eigenvalue weighted by molar-refractivity contribution is 6.01. The van der Waals surface area contributed by atoms with Gasteiger partial charge in [-0.05, 0) is 23.8 Å². The van der Waals surface area contributed by atoms with Gasteiger partial charge in [-0.3, -0.25) is 4.79 Å². The monoisotopic (exact) mass is 293 g/mol. The highest BCUT2D eigenvalue weighted by Gasteiger charge is 2.05. The number of anilines is 1. The number of carbonyl (C=O) groups is 1. The van der Waals surface area contributed by atoms with Gasteiger partial charge in [0.25, 0.3) is 0 Å². The summed E-state index contributed by atoms with van der Waals surface area (Å²) in [4.78, 5) is 11.9. The van der Waals surface area contributed by atoms with E-state index in [2.05, 4.69) is 10.4 Å². The summed E-state index contributed by atoms with van der Waals surface area (Å²) in [5.74, 6) is 1.05. The first kappa shape index (κ1) is 13.9. The summed E-state index contributed by atoms with van der Waals surface area (Å²) in [6.45, 7) is 0.603. The maximum atomic E-state index is 11.9. The SMILES string of the molecule is O=C(/C=C/c1ccco1)Nc1ccnn1Cc1ccccc1. The molecule has 0 aliphatic carbocycles. The summed E-state index contributed by atoms with van der Waals surface area (Å²) >= 11 is 0. The molecule has 0 spiro atoms. The highest BCUT2D eigenvalue weighted by atomic mass is 16.3. The Labute approximate surface area is 127 Å². The lowest BCUT2D eigenvalue weighted by Gasteiger charge is -2.07. The minimum absolute atomic E-state index is 0.230. The van der Waals surface area contributed by atoms with E-state index in [1.807, 2.05) is 30.3 Å². The van der Waals surface area contributed by atoms with Crippen LogP contribution >= 0.6 is 0 Å². The van der Waals surface area contributed by atoms with Gasteiger partial charge >= 0.3 is 0 Å². The lowest BCUT2D eigenvalue weighted by molar-refractivity contribution is -0.111. The van der Waals surface area contributed by atoms with Crippen LogP contribution in [0, 0.1) is 0 Å². The van der Waals surface area contributed by atoms with Gasteiger partial charge in [0, 0.05) is 12.1 Å². The fraction of sp³-hybridized carbons (Fsp3) is 0.0588. The Hall–Kier alpha value is -3.08. The Balaban J connectivity index is 1.66. The van der Waals surface area contributed by atoms with Crippen LogP contribution in [0.4, 0.5) is 5.82 Å². The Bertz CT molecular complexity index is 758. The van der Waals surface area contributed by atoms with Crippen molar-refractivity contribution in [3.63, 3.8) is 0 Å². The molecule has 1 amide bonds. The maximum Gasteiger partial charge on any atom is 0.249 e. The number of hydrogen-bond donors (Lipinski definition) is 1. The van der Waals surface area contributed by atoms with Crippen LogP contribution in [0.5, 0.6) is 0 Å². The molecule has 2 aromatic heterocycles. The Morgan fingerprint density at radius 3 is 2.82 bits per heavy atom. The molecule has 3 aromatic rings. The van der Waals surface area contributed by atoms with Crippen molar-refractivity contribution in [3.05, 3.63) is 78.4 Å². The molecular formula is C17H15N3O2. The van der Waals surface area contributed by atoms with Gasteiger partial charge in [-0.15, -0.1) is 0 Å². The van der Waals surface area contributed by atoms with Crippen molar-refractivity contribution in [2.45, 2.75) is 6.54 Å². The molecule has 5 nitrogen and oxygen atoms in total. The summed E-state index contributed by atoms with van der Waals surface area (Å²) in [7, 11) is 0. The molecule has 0 fully saturated rings. The van der Waals surface area contributed by atoms with Gasteiger partial charge in [0.2, 0.25) is 5.91 Å². The maximum absolute atomic E-state index is 11.9. The largest absolute Gasteiger partial charge is 0.465 e. The quantitative estimate of drug-likeness (QED) is 0.735. The molecule has 0 saturated heterocycles. The second kappa shape index (κ2) is 6.58. The predicted octanol–water partition coefficient (Wildman–Crippen LogP) is 3.18. The zero-order valence-corrected chi connectivity index (χ0v) is 11.8. The third-order valence-corrected chi connectivity index (χ3v) is 3.09. The number of nitrogens with zero attached hydrogens (tertiary/aromatic N) is 2. The van der Waals surface area contributed by atoms with Gasteiger partial charge in [-0.25, -0.2) is 4.68 Å². The van der Waals surface area contributed by atoms with Gasteiger partial charge in [0.05, 0.1) is 19.0 Å². The zero-order valence-electron chi connectivity index (χ0n) is 11.8. The lowest BCUT2D eigenvalue weighted by atomic mass is 10.2. The summed E-state index contributed by atoms with van der Waals surface area (Å²) in [5, 5.41) is 7.04. The molecule has 0 atom stereocenters. The van der Waals surface area contributed by atoms with Crippen LogP contribution in [-0.2, 0) is 11.3 Å². The number of hydrogen-bond acceptors (Lipinski definition) is 3. The number of aromatic nitrogens is 2. The van der Waals surface area contributed by atoms with Crippen molar-refractivity contribution >= 4 is 17.8 Å². The first-order valence-electron chi connectivity index (χ1n) is 6.89. The molecule has 1 aromatic carbocycles. The second-order valence-corrected chi connectivity index (χ2v) is 4.70. The summed E-state index contributed by atoms with van der Waals surface area (Å²) < 4.78 is 6.88. The topological polar surface area (TPSA) is 60.1 Å². The van der Waals surface area contributed by atoms with E-state index in [-0.39, 0.29) is 5.91 Å². The average Bonchev–Trinajstić information content (AvgIpc) is 3.19. The van der Waals surface area contributed by atoms with Crippen LogP contribution in [0.1, 0.15) is 11.3 Å². The number of amides is 1. The molecule has 22 heavy (non-hydrogen) atoms. The number of rotatable bonds is 5. The fourth-order valence-electron chi connectivity index (χ4n) is 2.03. The number of nitrogens with one attached hydrogen (secondary N) is 1. The van der Waals surface area contributed by atoms with Gasteiger partial charge < -0.3 is 9.73 Å². The summed E-state index contributed by atoms with van der Waals surface area (Å²) in [6.07, 6.45) is 6.27. The van der Waals surface area contributed by atoms with Crippen LogP contribution in [0.3, 0.4) is 0 Å². The van der Waals surface area contributed by atoms with Crippen molar-refractivity contribution in [2.75, 3.05) is 5.32 Å². The van der Waals surface area contributed by atoms with Crippen molar-refractivity contribution in [1.29, 1.82) is 0 Å². The highest BCUT2D eigenvalue weighted by Crippen LogP contribution is 2.10. The van der Waals surface area contributed by atoms with E-state index in [1.54, 1.807) is 41.4 Å². The molecular weight excluding hydrogens is 278 g/mol. The number of benzene rings is 1. The van der Waals surface area contributed by atoms with Crippen LogP contribution in [0.15, 0.2) is 71.5 Å². The minimum Gasteiger partial charge on any atom is -0.465 e. The van der Waals surface area contributed by atoms with Crippen molar-refractivity contribution < 1.29 is 9.21 Å². The Morgan fingerprint density at radius 1 is 1.18 bits per heavy atom. The molecule has 110 valence electrons. The normalized spacial score (nSPS) is 10.9. The molecule has 0 aliphatic heterocycles. The second-order valence-electron chi connectivity index (χ2n) is 4.70. The third-order valence-electron chi connectivity index (χ3n) is 3.09. The molecule has 1 N–H and O–H groups in total. The lowest BCUT2D eigenvalue weighted by Crippen LogP contribution is -2.13. The smallest absolute Gasteiger partial charge is 0.249 e. The molecule has 0 bridgehead atoms. The number of furan rings is 1. The van der Waals surface area contributed by atoms with Crippen LogP contribution in [0.25, 0.3) is 6.08 Å². The minimum atomic E-state index is -0.230. The first-order chi connectivity index (χ1) is 10.8. The Morgan fingerprint density at radius 2 is 2.05 bits per heavy atom. The molecule has 0 unspecified atom stereocenters. The zero-order chi connectivity index (χ0) is 15.2. The molecule has 0 radical (unpaired) electrons. The van der Waals surface area contributed by atoms with Crippen LogP contribution < -0.4 is 5.32 Å². The van der Waals surface area contributed by atoms with E-state index in [4.69, 9.17) is 4.42 Å². The third kappa shape index (κ3) is 3.52. The molecule has 2 heterocycles. The van der Waals surface area contributed by atoms with E-state index < -0.39 is 0 Å². The van der Waals surface area contributed by atoms with Gasteiger partial charge in [-0.1, -0.05) is 30.3 Å². The van der Waals surface area contributed by atoms with Crippen molar-refractivity contribution in [1.82, 2.24) is 9.78 Å². The first-order valence-corrected chi connectivity index (χ1v) is 6.89. The summed E-state index contributed by atoms with van der Waals surface area (Å²) in [5.41, 5.74) is 1.12. The van der Waals surface area contributed by atoms with Crippen molar-refractivity contribution in [3.8, 4) is 0 Å². The van der Waals surface area contributed by atoms with E-state index >= 15 is 0 Å².